The van der Waals surface area contributed by atoms with Gasteiger partial charge in [-0.1, -0.05) is 41.9 Å². The van der Waals surface area contributed by atoms with Gasteiger partial charge in [-0.05, 0) is 54.3 Å². The lowest BCUT2D eigenvalue weighted by Gasteiger charge is -2.04. The second kappa shape index (κ2) is 7.28. The number of hydrazone groups is 1. The molecular weight excluding hydrogens is 333 g/mol. The van der Waals surface area contributed by atoms with Crippen molar-refractivity contribution in [1.82, 2.24) is 0 Å². The van der Waals surface area contributed by atoms with Crippen LogP contribution in [-0.4, -0.2) is 11.6 Å². The van der Waals surface area contributed by atoms with Crippen molar-refractivity contribution in [2.75, 3.05) is 5.43 Å². The fourth-order valence-corrected chi connectivity index (χ4v) is 2.40. The molecule has 0 aliphatic heterocycles. The highest BCUT2D eigenvalue weighted by Gasteiger charge is 2.15. The van der Waals surface area contributed by atoms with Crippen molar-refractivity contribution in [3.8, 4) is 0 Å². The fraction of sp³-hybridized carbons (Fsp3) is 0.118. The molecule has 0 aromatic heterocycles. The van der Waals surface area contributed by atoms with Gasteiger partial charge in [0.15, 0.2) is 0 Å². The molecular formula is C17H13Cl2N3O. The zero-order valence-electron chi connectivity index (χ0n) is 12.5. The number of hydrogen-bond acceptors (Lipinski definition) is 3. The summed E-state index contributed by atoms with van der Waals surface area (Å²) in [4.78, 5) is 15.6. The number of benzene rings is 2. The van der Waals surface area contributed by atoms with Crippen LogP contribution in [0, 0.1) is 20.4 Å². The number of halogens is 2. The third-order valence-electron chi connectivity index (χ3n) is 3.23. The second-order valence-electron chi connectivity index (χ2n) is 4.95. The van der Waals surface area contributed by atoms with Gasteiger partial charge in [-0.25, -0.2) is 5.43 Å². The van der Waals surface area contributed by atoms with Crippen LogP contribution in [0.1, 0.15) is 21.5 Å². The van der Waals surface area contributed by atoms with Gasteiger partial charge in [0, 0.05) is 15.6 Å². The van der Waals surface area contributed by atoms with Gasteiger partial charge in [-0.3, -0.25) is 0 Å². The lowest BCUT2D eigenvalue weighted by molar-refractivity contribution is 0.106. The van der Waals surface area contributed by atoms with E-state index in [4.69, 9.17) is 29.8 Å². The Hall–Kier alpha value is -2.35. The Morgan fingerprint density at radius 1 is 1.09 bits per heavy atom. The van der Waals surface area contributed by atoms with E-state index >= 15 is 0 Å². The Morgan fingerprint density at radius 3 is 2.30 bits per heavy atom. The van der Waals surface area contributed by atoms with Crippen LogP contribution in [0.4, 0.5) is 5.69 Å². The van der Waals surface area contributed by atoms with E-state index in [1.807, 2.05) is 19.9 Å². The molecule has 116 valence electrons. The van der Waals surface area contributed by atoms with Crippen LogP contribution >= 0.6 is 23.2 Å². The van der Waals surface area contributed by atoms with E-state index in [1.54, 1.807) is 30.3 Å². The van der Waals surface area contributed by atoms with Crippen LogP contribution in [0.25, 0.3) is 4.85 Å². The van der Waals surface area contributed by atoms with Crippen molar-refractivity contribution in [2.45, 2.75) is 13.8 Å². The summed E-state index contributed by atoms with van der Waals surface area (Å²) >= 11 is 11.8. The van der Waals surface area contributed by atoms with Gasteiger partial charge in [-0.2, -0.15) is 0 Å². The molecule has 0 saturated heterocycles. The SMILES string of the molecule is [C-]#[N+]/C(=N\Nc1cc(Cl)cc(Cl)c1)C(=O)c1ccc(C)c(C)c1. The van der Waals surface area contributed by atoms with E-state index in [0.717, 1.165) is 11.1 Å². The maximum Gasteiger partial charge on any atom is 0.341 e. The number of carbonyl (C=O) groups is 1. The molecule has 2 aromatic rings. The number of aryl methyl sites for hydroxylation is 2. The second-order valence-corrected chi connectivity index (χ2v) is 5.82. The summed E-state index contributed by atoms with van der Waals surface area (Å²) in [6, 6.07) is 10.0. The molecule has 0 spiro atoms. The zero-order valence-corrected chi connectivity index (χ0v) is 14.0. The van der Waals surface area contributed by atoms with Gasteiger partial charge < -0.3 is 9.64 Å². The first-order chi connectivity index (χ1) is 10.9. The molecule has 23 heavy (non-hydrogen) atoms. The molecule has 0 radical (unpaired) electrons. The molecule has 0 unspecified atom stereocenters. The topological polar surface area (TPSA) is 45.8 Å². The van der Waals surface area contributed by atoms with Crippen molar-refractivity contribution in [3.63, 3.8) is 0 Å². The fourth-order valence-electron chi connectivity index (χ4n) is 1.87. The molecule has 0 heterocycles. The quantitative estimate of drug-likeness (QED) is 0.274. The number of nitrogens with zero attached hydrogens (tertiary/aromatic N) is 2. The van der Waals surface area contributed by atoms with Crippen LogP contribution in [0.15, 0.2) is 41.5 Å². The highest BCUT2D eigenvalue weighted by molar-refractivity contribution is 6.48. The van der Waals surface area contributed by atoms with Gasteiger partial charge in [0.05, 0.1) is 5.69 Å². The van der Waals surface area contributed by atoms with E-state index in [1.165, 1.54) is 0 Å². The maximum absolute atomic E-state index is 12.4. The standard InChI is InChI=1S/C17H13Cl2N3O/c1-10-4-5-12(6-11(10)2)16(23)17(20-3)22-21-15-8-13(18)7-14(19)9-15/h4-9,21H,1-2H3/b22-17-. The molecule has 4 nitrogen and oxygen atoms in total. The van der Waals surface area contributed by atoms with Crippen molar-refractivity contribution in [2.24, 2.45) is 5.10 Å². The molecule has 0 aliphatic rings. The van der Waals surface area contributed by atoms with Crippen molar-refractivity contribution in [1.29, 1.82) is 0 Å². The Bertz CT molecular complexity index is 818. The van der Waals surface area contributed by atoms with Crippen molar-refractivity contribution >= 4 is 40.5 Å². The van der Waals surface area contributed by atoms with Crippen molar-refractivity contribution < 1.29 is 4.79 Å². The Labute approximate surface area is 144 Å². The number of Topliss-reactive ketones (excluding diaryl/α,β-unsaturated/α-hetero) is 1. The minimum Gasteiger partial charge on any atom is -0.356 e. The minimum atomic E-state index is -0.441. The number of carbonyl (C=O) groups excluding carboxylic acids is 1. The van der Waals surface area contributed by atoms with Crippen LogP contribution in [0.3, 0.4) is 0 Å². The highest BCUT2D eigenvalue weighted by Crippen LogP contribution is 2.22. The summed E-state index contributed by atoms with van der Waals surface area (Å²) in [7, 11) is 0. The Kier molecular flexibility index (Phi) is 5.38. The van der Waals surface area contributed by atoms with Crippen LogP contribution in [-0.2, 0) is 0 Å². The smallest absolute Gasteiger partial charge is 0.341 e. The first kappa shape index (κ1) is 17.0. The lowest BCUT2D eigenvalue weighted by Crippen LogP contribution is -2.12. The number of nitrogens with one attached hydrogen (secondary N) is 1. The number of ketones is 1. The van der Waals surface area contributed by atoms with Gasteiger partial charge in [0.1, 0.15) is 0 Å². The molecule has 0 fully saturated rings. The summed E-state index contributed by atoms with van der Waals surface area (Å²) in [6.07, 6.45) is 0. The lowest BCUT2D eigenvalue weighted by atomic mass is 10.0. The van der Waals surface area contributed by atoms with E-state index in [2.05, 4.69) is 15.4 Å². The monoisotopic (exact) mass is 345 g/mol. The van der Waals surface area contributed by atoms with Gasteiger partial charge in [0.25, 0.3) is 0 Å². The summed E-state index contributed by atoms with van der Waals surface area (Å²) in [5.41, 5.74) is 5.62. The third-order valence-corrected chi connectivity index (χ3v) is 3.67. The molecule has 0 saturated carbocycles. The summed E-state index contributed by atoms with van der Waals surface area (Å²) in [5, 5.41) is 4.73. The first-order valence-corrected chi connectivity index (χ1v) is 7.45. The summed E-state index contributed by atoms with van der Waals surface area (Å²) in [5.74, 6) is -0.701. The average molecular weight is 346 g/mol. The molecule has 2 rings (SSSR count). The molecule has 0 aliphatic carbocycles. The largest absolute Gasteiger partial charge is 0.356 e. The van der Waals surface area contributed by atoms with Crippen LogP contribution < -0.4 is 5.43 Å². The van der Waals surface area contributed by atoms with Gasteiger partial charge in [-0.15, -0.1) is 0 Å². The van der Waals surface area contributed by atoms with E-state index in [9.17, 15) is 4.79 Å². The Balaban J connectivity index is 2.26. The molecule has 6 heteroatoms. The third kappa shape index (κ3) is 4.32. The van der Waals surface area contributed by atoms with Gasteiger partial charge in [0.2, 0.25) is 5.78 Å². The van der Waals surface area contributed by atoms with Crippen LogP contribution in [0.5, 0.6) is 0 Å². The predicted molar refractivity (Wildman–Crippen MR) is 94.4 cm³/mol. The summed E-state index contributed by atoms with van der Waals surface area (Å²) < 4.78 is 0. The average Bonchev–Trinajstić information content (AvgIpc) is 2.49. The number of amidine groups is 1. The van der Waals surface area contributed by atoms with Crippen molar-refractivity contribution in [3.05, 3.63) is 74.6 Å². The van der Waals surface area contributed by atoms with E-state index < -0.39 is 5.78 Å². The normalized spacial score (nSPS) is 11.0. The number of anilines is 1. The maximum atomic E-state index is 12.4. The highest BCUT2D eigenvalue weighted by atomic mass is 35.5. The number of hydrogen-bond donors (Lipinski definition) is 1. The molecule has 0 amide bonds. The van der Waals surface area contributed by atoms with Gasteiger partial charge >= 0.3 is 5.84 Å². The molecule has 0 atom stereocenters. The number of rotatable bonds is 4. The zero-order chi connectivity index (χ0) is 17.0. The van der Waals surface area contributed by atoms with E-state index in [0.29, 0.717) is 21.3 Å². The predicted octanol–water partition coefficient (Wildman–Crippen LogP) is 5.14. The Morgan fingerprint density at radius 2 is 1.74 bits per heavy atom. The molecule has 2 aromatic carbocycles. The molecule has 1 N–H and O–H groups in total. The van der Waals surface area contributed by atoms with Crippen LogP contribution in [0.2, 0.25) is 10.0 Å². The minimum absolute atomic E-state index is 0.260. The molecule has 0 bridgehead atoms. The van der Waals surface area contributed by atoms with E-state index in [-0.39, 0.29) is 5.84 Å². The summed E-state index contributed by atoms with van der Waals surface area (Å²) in [6.45, 7) is 11.0. The first-order valence-electron chi connectivity index (χ1n) is 6.70.